The topological polar surface area (TPSA) is 60.6 Å². The van der Waals surface area contributed by atoms with Crippen molar-refractivity contribution < 1.29 is 13.9 Å². The molecule has 0 unspecified atom stereocenters. The van der Waals surface area contributed by atoms with E-state index in [4.69, 9.17) is 13.9 Å². The van der Waals surface area contributed by atoms with Crippen LogP contribution < -0.4 is 9.47 Å². The van der Waals surface area contributed by atoms with Crippen molar-refractivity contribution in [2.24, 2.45) is 0 Å². The summed E-state index contributed by atoms with van der Waals surface area (Å²) in [5.74, 6) is 2.91. The van der Waals surface area contributed by atoms with Gasteiger partial charge in [-0.3, -0.25) is 4.90 Å². The number of likely N-dealkylation sites (tertiary alicyclic amines) is 1. The Bertz CT molecular complexity index is 689. The summed E-state index contributed by atoms with van der Waals surface area (Å²) >= 11 is 4.96. The van der Waals surface area contributed by atoms with Gasteiger partial charge in [0.15, 0.2) is 0 Å². The predicted molar refractivity (Wildman–Crippen MR) is 95.6 cm³/mol. The molecule has 0 amide bonds. The number of aromatic nitrogens is 2. The zero-order valence-corrected chi connectivity index (χ0v) is 16.2. The number of hydrogen-bond donors (Lipinski definition) is 0. The highest BCUT2D eigenvalue weighted by Gasteiger charge is 2.16. The van der Waals surface area contributed by atoms with Crippen molar-refractivity contribution in [1.82, 2.24) is 15.1 Å². The Kier molecular flexibility index (Phi) is 6.02. The van der Waals surface area contributed by atoms with Crippen LogP contribution in [0.25, 0.3) is 0 Å². The third kappa shape index (κ3) is 4.23. The molecule has 1 aromatic carbocycles. The molecule has 0 radical (unpaired) electrons. The van der Waals surface area contributed by atoms with Gasteiger partial charge in [-0.1, -0.05) is 11.8 Å². The first-order chi connectivity index (χ1) is 11.7. The summed E-state index contributed by atoms with van der Waals surface area (Å²) in [6.45, 7) is 2.96. The smallest absolute Gasteiger partial charge is 0.276 e. The molecule has 0 aliphatic carbocycles. The monoisotopic (exact) mass is 413 g/mol. The summed E-state index contributed by atoms with van der Waals surface area (Å²) in [7, 11) is 3.30. The third-order valence-corrected chi connectivity index (χ3v) is 5.40. The fraction of sp³-hybridized carbons (Fsp3) is 0.500. The van der Waals surface area contributed by atoms with Gasteiger partial charge in [-0.05, 0) is 54.0 Å². The lowest BCUT2D eigenvalue weighted by Crippen LogP contribution is -2.18. The average molecular weight is 414 g/mol. The molecule has 0 spiro atoms. The molecule has 1 saturated heterocycles. The van der Waals surface area contributed by atoms with Crippen molar-refractivity contribution in [2.45, 2.75) is 30.4 Å². The fourth-order valence-electron chi connectivity index (χ4n) is 2.67. The summed E-state index contributed by atoms with van der Waals surface area (Å²) in [4.78, 5) is 2.34. The van der Waals surface area contributed by atoms with E-state index in [-0.39, 0.29) is 0 Å². The van der Waals surface area contributed by atoms with E-state index in [1.54, 1.807) is 14.2 Å². The fourth-order valence-corrected chi connectivity index (χ4v) is 3.91. The molecule has 0 N–H and O–H groups in total. The lowest BCUT2D eigenvalue weighted by Gasteiger charge is -2.11. The summed E-state index contributed by atoms with van der Waals surface area (Å²) in [5.41, 5.74) is 1.02. The number of benzene rings is 1. The Balaban J connectivity index is 1.64. The van der Waals surface area contributed by atoms with Crippen LogP contribution in [0.15, 0.2) is 26.2 Å². The Morgan fingerprint density at radius 2 is 1.92 bits per heavy atom. The summed E-state index contributed by atoms with van der Waals surface area (Å²) in [6, 6.07) is 3.86. The number of nitrogens with zero attached hydrogens (tertiary/aromatic N) is 3. The molecule has 130 valence electrons. The van der Waals surface area contributed by atoms with Crippen LogP contribution in [-0.4, -0.2) is 42.4 Å². The molecule has 6 nitrogen and oxygen atoms in total. The molecule has 0 saturated carbocycles. The maximum absolute atomic E-state index is 5.74. The van der Waals surface area contributed by atoms with Crippen LogP contribution in [0, 0.1) is 0 Å². The minimum atomic E-state index is 0.577. The first-order valence-electron chi connectivity index (χ1n) is 7.77. The number of ether oxygens (including phenoxy) is 2. The molecule has 0 bridgehead atoms. The molecular weight excluding hydrogens is 394 g/mol. The van der Waals surface area contributed by atoms with E-state index >= 15 is 0 Å². The maximum atomic E-state index is 5.74. The predicted octanol–water partition coefficient (Wildman–Crippen LogP) is 3.74. The minimum Gasteiger partial charge on any atom is -0.496 e. The molecule has 1 aromatic heterocycles. The molecule has 24 heavy (non-hydrogen) atoms. The van der Waals surface area contributed by atoms with Gasteiger partial charge in [0.05, 0.1) is 25.2 Å². The van der Waals surface area contributed by atoms with Crippen molar-refractivity contribution in [3.63, 3.8) is 0 Å². The number of rotatable bonds is 7. The number of halogens is 1. The van der Waals surface area contributed by atoms with Crippen LogP contribution in [0.3, 0.4) is 0 Å². The van der Waals surface area contributed by atoms with E-state index in [1.807, 2.05) is 12.1 Å². The molecular formula is C16H20BrN3O3S. The van der Waals surface area contributed by atoms with E-state index in [9.17, 15) is 0 Å². The van der Waals surface area contributed by atoms with Crippen LogP contribution in [-0.2, 0) is 12.3 Å². The van der Waals surface area contributed by atoms with E-state index in [1.165, 1.54) is 24.6 Å². The lowest BCUT2D eigenvalue weighted by atomic mass is 10.2. The number of thioether (sulfide) groups is 1. The van der Waals surface area contributed by atoms with E-state index in [0.717, 1.165) is 41.2 Å². The van der Waals surface area contributed by atoms with Crippen LogP contribution >= 0.6 is 27.7 Å². The number of hydrogen-bond acceptors (Lipinski definition) is 7. The van der Waals surface area contributed by atoms with Crippen molar-refractivity contribution >= 4 is 27.7 Å². The number of methoxy groups -OCH3 is 2. The second-order valence-electron chi connectivity index (χ2n) is 5.53. The summed E-state index contributed by atoms with van der Waals surface area (Å²) in [5, 5.41) is 8.84. The Morgan fingerprint density at radius 3 is 2.62 bits per heavy atom. The lowest BCUT2D eigenvalue weighted by molar-refractivity contribution is 0.278. The second-order valence-corrected chi connectivity index (χ2v) is 7.31. The van der Waals surface area contributed by atoms with Gasteiger partial charge in [-0.2, -0.15) is 0 Å². The maximum Gasteiger partial charge on any atom is 0.276 e. The standard InChI is InChI=1S/C16H20BrN3O3S/c1-21-13-8-12(17)14(22-2)7-11(13)10-24-16-19-18-15(23-16)9-20-5-3-4-6-20/h7-8H,3-6,9-10H2,1-2H3. The van der Waals surface area contributed by atoms with Gasteiger partial charge >= 0.3 is 0 Å². The van der Waals surface area contributed by atoms with Crippen LogP contribution in [0.1, 0.15) is 24.3 Å². The Morgan fingerprint density at radius 1 is 1.17 bits per heavy atom. The van der Waals surface area contributed by atoms with Crippen molar-refractivity contribution in [2.75, 3.05) is 27.3 Å². The molecule has 0 atom stereocenters. The van der Waals surface area contributed by atoms with Crippen LogP contribution in [0.4, 0.5) is 0 Å². The normalized spacial score (nSPS) is 15.0. The van der Waals surface area contributed by atoms with Crippen molar-refractivity contribution in [3.05, 3.63) is 28.1 Å². The highest BCUT2D eigenvalue weighted by atomic mass is 79.9. The van der Waals surface area contributed by atoms with Gasteiger partial charge in [-0.15, -0.1) is 10.2 Å². The first-order valence-corrected chi connectivity index (χ1v) is 9.55. The zero-order valence-electron chi connectivity index (χ0n) is 13.7. The van der Waals surface area contributed by atoms with Gasteiger partial charge in [0.25, 0.3) is 5.22 Å². The van der Waals surface area contributed by atoms with E-state index in [0.29, 0.717) is 16.9 Å². The average Bonchev–Trinajstić information content (AvgIpc) is 3.25. The van der Waals surface area contributed by atoms with Gasteiger partial charge in [0, 0.05) is 11.3 Å². The second kappa shape index (κ2) is 8.22. The molecule has 8 heteroatoms. The van der Waals surface area contributed by atoms with Crippen molar-refractivity contribution in [3.8, 4) is 11.5 Å². The van der Waals surface area contributed by atoms with Crippen LogP contribution in [0.2, 0.25) is 0 Å². The molecule has 1 aliphatic heterocycles. The summed E-state index contributed by atoms with van der Waals surface area (Å²) < 4.78 is 17.4. The highest BCUT2D eigenvalue weighted by Crippen LogP contribution is 2.35. The largest absolute Gasteiger partial charge is 0.496 e. The van der Waals surface area contributed by atoms with Gasteiger partial charge in [0.1, 0.15) is 11.5 Å². The van der Waals surface area contributed by atoms with Gasteiger partial charge in [0.2, 0.25) is 5.89 Å². The van der Waals surface area contributed by atoms with Crippen molar-refractivity contribution in [1.29, 1.82) is 0 Å². The van der Waals surface area contributed by atoms with Crippen LogP contribution in [0.5, 0.6) is 11.5 Å². The van der Waals surface area contributed by atoms with Gasteiger partial charge < -0.3 is 13.9 Å². The Hall–Kier alpha value is -1.25. The first kappa shape index (κ1) is 17.6. The van der Waals surface area contributed by atoms with Gasteiger partial charge in [-0.25, -0.2) is 0 Å². The quantitative estimate of drug-likeness (QED) is 0.640. The molecule has 1 fully saturated rings. The molecule has 2 aromatic rings. The SMILES string of the molecule is COc1cc(CSc2nnc(CN3CCCC3)o2)c(OC)cc1Br. The third-order valence-electron chi connectivity index (χ3n) is 3.91. The molecule has 2 heterocycles. The molecule has 3 rings (SSSR count). The molecule has 1 aliphatic rings. The highest BCUT2D eigenvalue weighted by molar-refractivity contribution is 9.10. The summed E-state index contributed by atoms with van der Waals surface area (Å²) in [6.07, 6.45) is 2.50. The minimum absolute atomic E-state index is 0.577. The van der Waals surface area contributed by atoms with E-state index < -0.39 is 0 Å². The zero-order chi connectivity index (χ0) is 16.9. The Labute approximate surface area is 154 Å². The van der Waals surface area contributed by atoms with E-state index in [2.05, 4.69) is 31.0 Å².